The van der Waals surface area contributed by atoms with Crippen molar-refractivity contribution >= 4 is 34.8 Å². The number of halogens is 2. The molecule has 40 heavy (non-hydrogen) atoms. The van der Waals surface area contributed by atoms with Gasteiger partial charge in [-0.3, -0.25) is 9.59 Å². The number of carbonyl (C=O) groups excluding carboxylic acids is 2. The lowest BCUT2D eigenvalue weighted by Gasteiger charge is -2.30. The number of nitrogens with zero attached hydrogens (tertiary/aromatic N) is 5. The fourth-order valence-corrected chi connectivity index (χ4v) is 5.06. The maximum atomic E-state index is 13.8. The Morgan fingerprint density at radius 1 is 0.950 bits per heavy atom. The summed E-state index contributed by atoms with van der Waals surface area (Å²) in [5, 5.41) is 17.9. The molecule has 3 aromatic carbocycles. The number of aromatic nitrogens is 4. The van der Waals surface area contributed by atoms with Gasteiger partial charge in [0.1, 0.15) is 18.4 Å². The van der Waals surface area contributed by atoms with Crippen LogP contribution in [0.4, 0.5) is 4.39 Å². The Morgan fingerprint density at radius 3 is 2.40 bits per heavy atom. The number of benzene rings is 3. The van der Waals surface area contributed by atoms with E-state index in [0.717, 1.165) is 5.56 Å². The molecule has 2 heterocycles. The Hall–Kier alpha value is -4.41. The molecule has 5 rings (SSSR count). The molecule has 0 saturated heterocycles. The molecular formula is C29H24ClFN6O2S. The summed E-state index contributed by atoms with van der Waals surface area (Å²) < 4.78 is 13.6. The van der Waals surface area contributed by atoms with Crippen LogP contribution in [0.2, 0.25) is 5.02 Å². The molecule has 0 fully saturated rings. The topological polar surface area (TPSA) is 93.0 Å². The molecule has 1 N–H and O–H groups in total. The number of rotatable bonds is 10. The minimum Gasteiger partial charge on any atom is -0.350 e. The first-order valence-corrected chi connectivity index (χ1v) is 13.6. The first kappa shape index (κ1) is 27.2. The third kappa shape index (κ3) is 6.77. The predicted octanol–water partition coefficient (Wildman–Crippen LogP) is 5.28. The summed E-state index contributed by atoms with van der Waals surface area (Å²) >= 11 is 7.35. The highest BCUT2D eigenvalue weighted by Gasteiger charge is 2.33. The van der Waals surface area contributed by atoms with Crippen molar-refractivity contribution in [2.75, 3.05) is 0 Å². The van der Waals surface area contributed by atoms with Gasteiger partial charge >= 0.3 is 0 Å². The van der Waals surface area contributed by atoms with E-state index in [1.165, 1.54) is 33.2 Å². The van der Waals surface area contributed by atoms with Gasteiger partial charge in [-0.2, -0.15) is 4.80 Å². The normalized spacial score (nSPS) is 11.7. The van der Waals surface area contributed by atoms with Crippen LogP contribution >= 0.6 is 22.9 Å². The zero-order valence-corrected chi connectivity index (χ0v) is 22.7. The van der Waals surface area contributed by atoms with Crippen molar-refractivity contribution in [2.45, 2.75) is 25.7 Å². The molecule has 2 aromatic heterocycles. The summed E-state index contributed by atoms with van der Waals surface area (Å²) in [5.74, 6) is -0.795. The summed E-state index contributed by atoms with van der Waals surface area (Å²) in [7, 11) is 0. The van der Waals surface area contributed by atoms with Gasteiger partial charge in [-0.1, -0.05) is 60.1 Å². The van der Waals surface area contributed by atoms with Crippen molar-refractivity contribution in [1.82, 2.24) is 30.4 Å². The number of amides is 2. The molecule has 202 valence electrons. The van der Waals surface area contributed by atoms with Gasteiger partial charge in [-0.15, -0.1) is 21.5 Å². The van der Waals surface area contributed by atoms with Crippen molar-refractivity contribution in [3.8, 4) is 11.4 Å². The maximum Gasteiger partial charge on any atom is 0.248 e. The highest BCUT2D eigenvalue weighted by atomic mass is 35.5. The van der Waals surface area contributed by atoms with E-state index < -0.39 is 17.8 Å². The van der Waals surface area contributed by atoms with Crippen LogP contribution in [0.15, 0.2) is 96.4 Å². The number of tetrazole rings is 1. The molecule has 0 aliphatic heterocycles. The number of hydrogen-bond acceptors (Lipinski definition) is 6. The van der Waals surface area contributed by atoms with Crippen molar-refractivity contribution in [3.63, 3.8) is 0 Å². The molecule has 1 atom stereocenters. The van der Waals surface area contributed by atoms with Gasteiger partial charge in [0, 0.05) is 28.6 Å². The molecule has 8 nitrogen and oxygen atoms in total. The van der Waals surface area contributed by atoms with Crippen molar-refractivity contribution in [3.05, 3.63) is 123 Å². The summed E-state index contributed by atoms with van der Waals surface area (Å²) in [6, 6.07) is 25.0. The summed E-state index contributed by atoms with van der Waals surface area (Å²) in [6.07, 6.45) is 0. The molecule has 0 spiro atoms. The second-order valence-electron chi connectivity index (χ2n) is 8.92. The molecule has 0 aliphatic carbocycles. The van der Waals surface area contributed by atoms with Crippen LogP contribution in [0.25, 0.3) is 11.4 Å². The predicted molar refractivity (Wildman–Crippen MR) is 151 cm³/mol. The third-order valence-electron chi connectivity index (χ3n) is 6.10. The summed E-state index contributed by atoms with van der Waals surface area (Å²) in [6.45, 7) is 0.115. The second-order valence-corrected chi connectivity index (χ2v) is 10.3. The summed E-state index contributed by atoms with van der Waals surface area (Å²) in [5.41, 5.74) is 2.29. The zero-order valence-electron chi connectivity index (χ0n) is 21.2. The van der Waals surface area contributed by atoms with Crippen LogP contribution in [-0.4, -0.2) is 36.9 Å². The smallest absolute Gasteiger partial charge is 0.248 e. The lowest BCUT2D eigenvalue weighted by molar-refractivity contribution is -0.142. The largest absolute Gasteiger partial charge is 0.350 e. The highest BCUT2D eigenvalue weighted by Crippen LogP contribution is 2.28. The number of carbonyl (C=O) groups is 2. The SMILES string of the molecule is O=C(NCc1ccccc1)[C@@H](c1cccs1)N(Cc1ccc(F)cc1)C(=O)Cn1nnc(-c2ccc(Cl)cc2)n1. The van der Waals surface area contributed by atoms with E-state index in [2.05, 4.69) is 20.7 Å². The van der Waals surface area contributed by atoms with Gasteiger partial charge < -0.3 is 10.2 Å². The number of thiophene rings is 1. The van der Waals surface area contributed by atoms with Crippen LogP contribution in [0.1, 0.15) is 22.0 Å². The molecule has 0 aliphatic rings. The summed E-state index contributed by atoms with van der Waals surface area (Å²) in [4.78, 5) is 30.8. The van der Waals surface area contributed by atoms with Gasteiger partial charge in [0.05, 0.1) is 0 Å². The Morgan fingerprint density at radius 2 is 1.70 bits per heavy atom. The Kier molecular flexibility index (Phi) is 8.58. The van der Waals surface area contributed by atoms with E-state index in [-0.39, 0.29) is 19.0 Å². The van der Waals surface area contributed by atoms with E-state index in [9.17, 15) is 14.0 Å². The average molecular weight is 575 g/mol. The maximum absolute atomic E-state index is 13.8. The van der Waals surface area contributed by atoms with Crippen LogP contribution in [0, 0.1) is 5.82 Å². The third-order valence-corrected chi connectivity index (χ3v) is 7.28. The molecule has 0 bridgehead atoms. The Bertz CT molecular complexity index is 1560. The first-order chi connectivity index (χ1) is 19.5. The standard InChI is InChI=1S/C29H24ClFN6O2S/c30-23-12-10-22(11-13-23)28-33-35-37(34-28)19-26(38)36(18-21-8-14-24(31)15-9-21)27(25-7-4-16-40-25)29(39)32-17-20-5-2-1-3-6-20/h1-16,27H,17-19H2,(H,32,39)/t27-/m1/s1. The van der Waals surface area contributed by atoms with Gasteiger partial charge in [-0.25, -0.2) is 4.39 Å². The fourth-order valence-electron chi connectivity index (χ4n) is 4.10. The van der Waals surface area contributed by atoms with Crippen LogP contribution in [0.5, 0.6) is 0 Å². The Balaban J connectivity index is 1.42. The molecule has 0 unspecified atom stereocenters. The molecule has 0 saturated carbocycles. The van der Waals surface area contributed by atoms with Crippen LogP contribution in [0.3, 0.4) is 0 Å². The Labute approximate surface area is 239 Å². The van der Waals surface area contributed by atoms with Gasteiger partial charge in [0.2, 0.25) is 17.6 Å². The zero-order chi connectivity index (χ0) is 27.9. The van der Waals surface area contributed by atoms with Gasteiger partial charge in [-0.05, 0) is 64.2 Å². The van der Waals surface area contributed by atoms with Crippen molar-refractivity contribution in [1.29, 1.82) is 0 Å². The van der Waals surface area contributed by atoms with E-state index in [1.54, 1.807) is 36.4 Å². The number of hydrogen-bond donors (Lipinski definition) is 1. The molecule has 11 heteroatoms. The average Bonchev–Trinajstić information content (AvgIpc) is 3.67. The van der Waals surface area contributed by atoms with Crippen LogP contribution in [-0.2, 0) is 29.2 Å². The highest BCUT2D eigenvalue weighted by molar-refractivity contribution is 7.10. The molecular weight excluding hydrogens is 551 g/mol. The van der Waals surface area contributed by atoms with Crippen molar-refractivity contribution < 1.29 is 14.0 Å². The second kappa shape index (κ2) is 12.6. The molecule has 2 amide bonds. The van der Waals surface area contributed by atoms with E-state index in [4.69, 9.17) is 11.6 Å². The van der Waals surface area contributed by atoms with Gasteiger partial charge in [0.25, 0.3) is 0 Å². The van der Waals surface area contributed by atoms with E-state index in [1.807, 2.05) is 47.8 Å². The molecule has 0 radical (unpaired) electrons. The van der Waals surface area contributed by atoms with E-state index in [0.29, 0.717) is 33.4 Å². The minimum atomic E-state index is -0.930. The van der Waals surface area contributed by atoms with Gasteiger partial charge in [0.15, 0.2) is 0 Å². The first-order valence-electron chi connectivity index (χ1n) is 12.4. The number of nitrogens with one attached hydrogen (secondary N) is 1. The monoisotopic (exact) mass is 574 g/mol. The quantitative estimate of drug-likeness (QED) is 0.245. The van der Waals surface area contributed by atoms with Crippen molar-refractivity contribution in [2.24, 2.45) is 0 Å². The lowest BCUT2D eigenvalue weighted by Crippen LogP contribution is -2.44. The molecule has 5 aromatic rings. The lowest BCUT2D eigenvalue weighted by atomic mass is 10.1. The fraction of sp³-hybridized carbons (Fsp3) is 0.138. The van der Waals surface area contributed by atoms with E-state index >= 15 is 0 Å². The minimum absolute atomic E-state index is 0.0686. The van der Waals surface area contributed by atoms with Crippen LogP contribution < -0.4 is 5.32 Å².